The first kappa shape index (κ1) is 35.6. The Morgan fingerprint density at radius 1 is 1.12 bits per heavy atom. The van der Waals surface area contributed by atoms with Crippen LogP contribution in [0.2, 0.25) is 0 Å². The number of carbonyl (C=O) groups excluding carboxylic acids is 1. The number of anilines is 2. The molecule has 2 aliphatic rings. The van der Waals surface area contributed by atoms with Crippen molar-refractivity contribution >= 4 is 23.3 Å². The molecule has 10 nitrogen and oxygen atoms in total. The summed E-state index contributed by atoms with van der Waals surface area (Å²) in [6, 6.07) is 2.63. The van der Waals surface area contributed by atoms with Gasteiger partial charge in [0.1, 0.15) is 35.0 Å². The van der Waals surface area contributed by atoms with Crippen LogP contribution in [0.25, 0.3) is 11.1 Å². The molecule has 49 heavy (non-hydrogen) atoms. The number of ether oxygens (including phenoxy) is 2. The second-order valence-corrected chi connectivity index (χ2v) is 12.1. The maximum Gasteiger partial charge on any atom is 0.411 e. The fourth-order valence-electron chi connectivity index (χ4n) is 6.32. The second kappa shape index (κ2) is 14.1. The number of carboxylic acid groups (broad SMARTS) is 1. The van der Waals surface area contributed by atoms with Crippen LogP contribution in [0.4, 0.5) is 33.3 Å². The van der Waals surface area contributed by atoms with Gasteiger partial charge in [0.05, 0.1) is 31.6 Å². The number of hydrogen-bond donors (Lipinski definition) is 2. The number of amides is 1. The summed E-state index contributed by atoms with van der Waals surface area (Å²) in [6.07, 6.45) is -3.73. The van der Waals surface area contributed by atoms with Crippen LogP contribution >= 0.6 is 0 Å². The molecule has 0 bridgehead atoms. The molecule has 2 fully saturated rings. The Bertz CT molecular complexity index is 1800. The van der Waals surface area contributed by atoms with E-state index in [4.69, 9.17) is 9.47 Å². The van der Waals surface area contributed by atoms with E-state index in [-0.39, 0.29) is 25.1 Å². The van der Waals surface area contributed by atoms with Gasteiger partial charge in [-0.1, -0.05) is 19.1 Å². The zero-order chi connectivity index (χ0) is 35.8. The average molecular weight is 693 g/mol. The number of aryl methyl sites for hydroxylation is 1. The highest BCUT2D eigenvalue weighted by Crippen LogP contribution is 2.40. The van der Waals surface area contributed by atoms with E-state index in [2.05, 4.69) is 10.2 Å². The van der Waals surface area contributed by atoms with Crippen LogP contribution in [-0.2, 0) is 29.4 Å². The van der Waals surface area contributed by atoms with Gasteiger partial charge in [-0.3, -0.25) is 9.59 Å². The maximum atomic E-state index is 15.2. The number of aromatic nitrogens is 1. The zero-order valence-corrected chi connectivity index (χ0v) is 27.4. The van der Waals surface area contributed by atoms with Crippen LogP contribution in [0.3, 0.4) is 0 Å². The molecule has 5 rings (SSSR count). The van der Waals surface area contributed by atoms with Gasteiger partial charge in [-0.25, -0.2) is 13.6 Å². The van der Waals surface area contributed by atoms with E-state index in [1.165, 1.54) is 11.7 Å². The number of rotatable bonds is 10. The maximum absolute atomic E-state index is 15.2. The van der Waals surface area contributed by atoms with Gasteiger partial charge < -0.3 is 34.3 Å². The van der Waals surface area contributed by atoms with Gasteiger partial charge >= 0.3 is 12.1 Å². The van der Waals surface area contributed by atoms with E-state index in [1.54, 1.807) is 19.2 Å². The van der Waals surface area contributed by atoms with Gasteiger partial charge in [-0.15, -0.1) is 0 Å². The van der Waals surface area contributed by atoms with Crippen LogP contribution in [0.5, 0.6) is 5.75 Å². The molecule has 0 aliphatic carbocycles. The SMILES string of the molecule is CCc1c(C[C@H](NC(=O)c2c(F)cc(N3CCOC[C@@H]3C(F)(F)F)cc2F)C(=O)O)ccc(-c2c(N3CCC3)cc(C)n(C)c2=O)c1OC. The van der Waals surface area contributed by atoms with E-state index in [1.807, 2.05) is 19.9 Å². The molecular weight excluding hydrogens is 655 g/mol. The Morgan fingerprint density at radius 3 is 2.35 bits per heavy atom. The number of alkyl halides is 3. The molecule has 264 valence electrons. The van der Waals surface area contributed by atoms with Crippen molar-refractivity contribution in [1.29, 1.82) is 0 Å². The van der Waals surface area contributed by atoms with E-state index in [0.717, 1.165) is 35.8 Å². The topological polar surface area (TPSA) is 113 Å². The number of hydrogen-bond acceptors (Lipinski definition) is 7. The number of halogens is 5. The van der Waals surface area contributed by atoms with Gasteiger partial charge in [0.2, 0.25) is 0 Å². The summed E-state index contributed by atoms with van der Waals surface area (Å²) in [6.45, 7) is 4.08. The minimum absolute atomic E-state index is 0.106. The minimum Gasteiger partial charge on any atom is -0.496 e. The quantitative estimate of drug-likeness (QED) is 0.297. The number of carboxylic acids is 1. The summed E-state index contributed by atoms with van der Waals surface area (Å²) in [5.74, 6) is -5.45. The molecule has 0 radical (unpaired) electrons. The number of pyridine rings is 1. The summed E-state index contributed by atoms with van der Waals surface area (Å²) in [5.41, 5.74) is 1.70. The van der Waals surface area contributed by atoms with E-state index in [0.29, 0.717) is 46.6 Å². The van der Waals surface area contributed by atoms with Crippen LogP contribution in [0.15, 0.2) is 35.1 Å². The molecule has 2 atom stereocenters. The molecule has 3 aromatic rings. The van der Waals surface area contributed by atoms with Crippen LogP contribution in [-0.4, -0.2) is 79.8 Å². The Labute approximate surface area is 279 Å². The standard InChI is InChI=1S/C34H37F5N4O6/c1-5-21-19(7-8-22(30(21)48-4)28-26(42-9-6-10-42)13-18(2)41(3)32(28)45)14-25(33(46)47)40-31(44)29-23(35)15-20(16-24(29)36)43-11-12-49-17-27(43)34(37,38)39/h7-8,13,15-16,25,27H,5-6,9-12,14,17H2,1-4H3,(H,40,44)(H,46,47)/t25-,27+/m0/s1. The predicted octanol–water partition coefficient (Wildman–Crippen LogP) is 4.61. The summed E-state index contributed by atoms with van der Waals surface area (Å²) >= 11 is 0. The molecule has 1 aromatic heterocycles. The number of morpholine rings is 1. The first-order valence-electron chi connectivity index (χ1n) is 15.8. The largest absolute Gasteiger partial charge is 0.496 e. The van der Waals surface area contributed by atoms with Gasteiger partial charge in [-0.05, 0) is 49.1 Å². The van der Waals surface area contributed by atoms with Crippen molar-refractivity contribution in [2.24, 2.45) is 7.05 Å². The van der Waals surface area contributed by atoms with Gasteiger partial charge in [0.25, 0.3) is 11.5 Å². The number of benzene rings is 2. The number of carbonyl (C=O) groups is 2. The fourth-order valence-corrected chi connectivity index (χ4v) is 6.32. The Kier molecular flexibility index (Phi) is 10.2. The van der Waals surface area contributed by atoms with Gasteiger partial charge in [-0.2, -0.15) is 13.2 Å². The molecule has 2 aliphatic heterocycles. The lowest BCUT2D eigenvalue weighted by Crippen LogP contribution is -2.53. The third-order valence-electron chi connectivity index (χ3n) is 9.15. The molecule has 15 heteroatoms. The van der Waals surface area contributed by atoms with Crippen molar-refractivity contribution in [1.82, 2.24) is 9.88 Å². The van der Waals surface area contributed by atoms with Gasteiger partial charge in [0.15, 0.2) is 0 Å². The van der Waals surface area contributed by atoms with E-state index < -0.39 is 59.6 Å². The van der Waals surface area contributed by atoms with Crippen molar-refractivity contribution in [3.05, 3.63) is 74.7 Å². The Hall–Kier alpha value is -4.66. The number of nitrogens with one attached hydrogen (secondary N) is 1. The number of aliphatic carboxylic acids is 1. The van der Waals surface area contributed by atoms with Crippen LogP contribution in [0, 0.1) is 18.6 Å². The molecule has 0 saturated carbocycles. The lowest BCUT2D eigenvalue weighted by atomic mass is 9.91. The van der Waals surface area contributed by atoms with Gasteiger partial charge in [0, 0.05) is 50.0 Å². The molecular formula is C34H37F5N4O6. The summed E-state index contributed by atoms with van der Waals surface area (Å²) in [4.78, 5) is 41.9. The molecule has 2 saturated heterocycles. The third kappa shape index (κ3) is 6.94. The highest BCUT2D eigenvalue weighted by Gasteiger charge is 2.46. The van der Waals surface area contributed by atoms with Crippen molar-refractivity contribution in [2.45, 2.75) is 51.4 Å². The Morgan fingerprint density at radius 2 is 1.80 bits per heavy atom. The average Bonchev–Trinajstić information content (AvgIpc) is 3.01. The predicted molar refractivity (Wildman–Crippen MR) is 172 cm³/mol. The minimum atomic E-state index is -4.75. The molecule has 1 amide bonds. The van der Waals surface area contributed by atoms with Crippen molar-refractivity contribution in [2.75, 3.05) is 49.8 Å². The van der Waals surface area contributed by atoms with Crippen molar-refractivity contribution < 1.29 is 46.1 Å². The first-order chi connectivity index (χ1) is 23.2. The molecule has 2 N–H and O–H groups in total. The Balaban J connectivity index is 1.45. The molecule has 2 aromatic carbocycles. The highest BCUT2D eigenvalue weighted by atomic mass is 19.4. The van der Waals surface area contributed by atoms with E-state index in [9.17, 15) is 32.7 Å². The lowest BCUT2D eigenvalue weighted by molar-refractivity contribution is -0.167. The van der Waals surface area contributed by atoms with Crippen LogP contribution in [0.1, 0.15) is 40.5 Å². The lowest BCUT2D eigenvalue weighted by Gasteiger charge is -2.38. The van der Waals surface area contributed by atoms with Crippen molar-refractivity contribution in [3.8, 4) is 16.9 Å². The zero-order valence-electron chi connectivity index (χ0n) is 27.4. The second-order valence-electron chi connectivity index (χ2n) is 12.1. The normalized spacial score (nSPS) is 17.0. The number of nitrogens with zero attached hydrogens (tertiary/aromatic N) is 3. The molecule has 3 heterocycles. The smallest absolute Gasteiger partial charge is 0.411 e. The first-order valence-corrected chi connectivity index (χ1v) is 15.8. The molecule has 0 unspecified atom stereocenters. The summed E-state index contributed by atoms with van der Waals surface area (Å²) < 4.78 is 83.3. The summed E-state index contributed by atoms with van der Waals surface area (Å²) in [7, 11) is 3.10. The summed E-state index contributed by atoms with van der Waals surface area (Å²) in [5, 5.41) is 12.2. The number of methoxy groups -OCH3 is 1. The van der Waals surface area contributed by atoms with E-state index >= 15 is 8.78 Å². The molecule has 0 spiro atoms. The van der Waals surface area contributed by atoms with Crippen molar-refractivity contribution in [3.63, 3.8) is 0 Å². The van der Waals surface area contributed by atoms with Crippen LogP contribution < -0.4 is 25.4 Å². The third-order valence-corrected chi connectivity index (χ3v) is 9.15. The monoisotopic (exact) mass is 692 g/mol. The fraction of sp³-hybridized carbons (Fsp3) is 0.441. The highest BCUT2D eigenvalue weighted by molar-refractivity contribution is 5.97.